The molecule has 3 rings (SSSR count). The fourth-order valence-corrected chi connectivity index (χ4v) is 4.78. The van der Waals surface area contributed by atoms with Crippen molar-refractivity contribution in [3.05, 3.63) is 12.0 Å². The number of hydrogen-bond acceptors (Lipinski definition) is 4. The molecule has 2 fully saturated rings. The van der Waals surface area contributed by atoms with Crippen LogP contribution >= 0.6 is 12.4 Å². The Bertz CT molecular complexity index is 601. The second-order valence-electron chi connectivity index (χ2n) is 5.74. The van der Waals surface area contributed by atoms with Gasteiger partial charge in [-0.15, -0.1) is 12.4 Å². The normalized spacial score (nSPS) is 26.4. The Labute approximate surface area is 132 Å². The number of nitrogens with zero attached hydrogens (tertiary/aromatic N) is 3. The van der Waals surface area contributed by atoms with Crippen molar-refractivity contribution in [1.82, 2.24) is 19.2 Å². The van der Waals surface area contributed by atoms with E-state index in [9.17, 15) is 8.42 Å². The summed E-state index contributed by atoms with van der Waals surface area (Å²) in [5.41, 5.74) is 0. The lowest BCUT2D eigenvalue weighted by Gasteiger charge is -2.32. The number of aromatic nitrogens is 2. The first-order valence-electron chi connectivity index (χ1n) is 7.27. The summed E-state index contributed by atoms with van der Waals surface area (Å²) in [5.74, 6) is 1.84. The lowest BCUT2D eigenvalue weighted by Crippen LogP contribution is -2.43. The highest BCUT2D eigenvalue weighted by Crippen LogP contribution is 2.29. The number of fused-ring (bicyclic) bond motifs is 1. The molecule has 2 atom stereocenters. The third-order valence-corrected chi connectivity index (χ3v) is 6.30. The van der Waals surface area contributed by atoms with Gasteiger partial charge in [-0.2, -0.15) is 4.31 Å². The summed E-state index contributed by atoms with van der Waals surface area (Å²) in [7, 11) is -3.44. The molecule has 2 unspecified atom stereocenters. The van der Waals surface area contributed by atoms with E-state index in [0.29, 0.717) is 24.9 Å². The van der Waals surface area contributed by atoms with Gasteiger partial charge in [-0.05, 0) is 45.2 Å². The van der Waals surface area contributed by atoms with Gasteiger partial charge in [0.05, 0.1) is 0 Å². The molecule has 120 valence electrons. The van der Waals surface area contributed by atoms with Crippen molar-refractivity contribution in [2.45, 2.75) is 31.8 Å². The highest BCUT2D eigenvalue weighted by Gasteiger charge is 2.38. The summed E-state index contributed by atoms with van der Waals surface area (Å²) in [5, 5.41) is 3.55. The van der Waals surface area contributed by atoms with E-state index in [0.717, 1.165) is 31.9 Å². The number of piperidine rings is 1. The van der Waals surface area contributed by atoms with Gasteiger partial charge < -0.3 is 9.88 Å². The molecule has 0 aliphatic carbocycles. The van der Waals surface area contributed by atoms with E-state index in [-0.39, 0.29) is 17.4 Å². The molecule has 1 N–H and O–H groups in total. The van der Waals surface area contributed by atoms with Gasteiger partial charge in [-0.3, -0.25) is 0 Å². The first kappa shape index (κ1) is 16.7. The summed E-state index contributed by atoms with van der Waals surface area (Å²) in [6.45, 7) is 7.77. The SMILES string of the molecule is CCn1cc(S(=O)(=O)N2CCC3CNCC3C2)nc1C.Cl. The van der Waals surface area contributed by atoms with Crippen molar-refractivity contribution in [3.8, 4) is 0 Å². The summed E-state index contributed by atoms with van der Waals surface area (Å²) in [6.07, 6.45) is 2.61. The molecule has 1 aromatic rings. The van der Waals surface area contributed by atoms with Gasteiger partial charge in [-0.25, -0.2) is 13.4 Å². The van der Waals surface area contributed by atoms with Gasteiger partial charge >= 0.3 is 0 Å². The van der Waals surface area contributed by atoms with Crippen LogP contribution in [-0.2, 0) is 16.6 Å². The molecule has 0 spiro atoms. The molecule has 6 nitrogen and oxygen atoms in total. The van der Waals surface area contributed by atoms with Crippen LogP contribution in [0.4, 0.5) is 0 Å². The van der Waals surface area contributed by atoms with E-state index in [1.165, 1.54) is 0 Å². The quantitative estimate of drug-likeness (QED) is 0.890. The van der Waals surface area contributed by atoms with Crippen molar-refractivity contribution in [1.29, 1.82) is 0 Å². The van der Waals surface area contributed by atoms with Crippen molar-refractivity contribution in [3.63, 3.8) is 0 Å². The average Bonchev–Trinajstić information content (AvgIpc) is 3.03. The first-order valence-corrected chi connectivity index (χ1v) is 8.71. The van der Waals surface area contributed by atoms with Crippen molar-refractivity contribution >= 4 is 22.4 Å². The third kappa shape index (κ3) is 2.97. The van der Waals surface area contributed by atoms with Gasteiger partial charge in [0, 0.05) is 25.8 Å². The lowest BCUT2D eigenvalue weighted by atomic mass is 9.90. The molecule has 2 aliphatic heterocycles. The molecule has 0 amide bonds. The number of hydrogen-bond donors (Lipinski definition) is 1. The van der Waals surface area contributed by atoms with Crippen molar-refractivity contribution < 1.29 is 8.42 Å². The molecule has 0 saturated carbocycles. The largest absolute Gasteiger partial charge is 0.334 e. The minimum Gasteiger partial charge on any atom is -0.334 e. The average molecular weight is 335 g/mol. The summed E-state index contributed by atoms with van der Waals surface area (Å²) in [6, 6.07) is 0. The number of imidazole rings is 1. The number of nitrogens with one attached hydrogen (secondary N) is 1. The minimum absolute atomic E-state index is 0. The van der Waals surface area contributed by atoms with Gasteiger partial charge in [0.25, 0.3) is 10.0 Å². The lowest BCUT2D eigenvalue weighted by molar-refractivity contribution is 0.227. The predicted molar refractivity (Wildman–Crippen MR) is 83.1 cm³/mol. The standard InChI is InChI=1S/C13H22N4O2S.ClH/c1-3-16-9-13(15-10(16)2)20(18,19)17-5-4-11-6-14-7-12(11)8-17;/h9,11-12,14H,3-8H2,1-2H3;1H. The molecule has 0 bridgehead atoms. The molecule has 1 aromatic heterocycles. The molecule has 2 saturated heterocycles. The Kier molecular flexibility index (Phi) is 4.97. The van der Waals surface area contributed by atoms with E-state index in [4.69, 9.17) is 0 Å². The Morgan fingerprint density at radius 1 is 1.38 bits per heavy atom. The molecule has 21 heavy (non-hydrogen) atoms. The second-order valence-corrected chi connectivity index (χ2v) is 7.63. The zero-order valence-electron chi connectivity index (χ0n) is 12.4. The van der Waals surface area contributed by atoms with E-state index in [1.54, 1.807) is 10.5 Å². The fourth-order valence-electron chi connectivity index (χ4n) is 3.28. The second kappa shape index (κ2) is 6.24. The number of aryl methyl sites for hydroxylation is 2. The van der Waals surface area contributed by atoms with E-state index in [2.05, 4.69) is 10.3 Å². The van der Waals surface area contributed by atoms with Crippen molar-refractivity contribution in [2.75, 3.05) is 26.2 Å². The zero-order chi connectivity index (χ0) is 14.3. The van der Waals surface area contributed by atoms with Crippen LogP contribution in [0.15, 0.2) is 11.2 Å². The Morgan fingerprint density at radius 2 is 2.10 bits per heavy atom. The maximum Gasteiger partial charge on any atom is 0.262 e. The zero-order valence-corrected chi connectivity index (χ0v) is 14.1. The van der Waals surface area contributed by atoms with Crippen LogP contribution in [0.25, 0.3) is 0 Å². The van der Waals surface area contributed by atoms with Crippen LogP contribution in [0.1, 0.15) is 19.2 Å². The third-order valence-electron chi connectivity index (χ3n) is 4.57. The summed E-state index contributed by atoms with van der Waals surface area (Å²) in [4.78, 5) is 4.23. The van der Waals surface area contributed by atoms with Crippen molar-refractivity contribution in [2.24, 2.45) is 11.8 Å². The molecule has 3 heterocycles. The summed E-state index contributed by atoms with van der Waals surface area (Å²) < 4.78 is 28.9. The van der Waals surface area contributed by atoms with E-state index < -0.39 is 10.0 Å². The highest BCUT2D eigenvalue weighted by atomic mass is 35.5. The maximum atomic E-state index is 12.7. The van der Waals surface area contributed by atoms with Gasteiger partial charge in [0.1, 0.15) is 5.82 Å². The molecule has 0 aromatic carbocycles. The Hall–Kier alpha value is -0.630. The van der Waals surface area contributed by atoms with Crippen LogP contribution in [0.5, 0.6) is 0 Å². The summed E-state index contributed by atoms with van der Waals surface area (Å²) >= 11 is 0. The Morgan fingerprint density at radius 3 is 2.76 bits per heavy atom. The molecule has 8 heteroatoms. The van der Waals surface area contributed by atoms with Gasteiger partial charge in [-0.1, -0.05) is 0 Å². The van der Waals surface area contributed by atoms with E-state index in [1.807, 2.05) is 18.4 Å². The van der Waals surface area contributed by atoms with Crippen LogP contribution in [0, 0.1) is 18.8 Å². The fraction of sp³-hybridized carbons (Fsp3) is 0.769. The molecule has 0 radical (unpaired) electrons. The predicted octanol–water partition coefficient (Wildman–Crippen LogP) is 0.863. The smallest absolute Gasteiger partial charge is 0.262 e. The van der Waals surface area contributed by atoms with E-state index >= 15 is 0 Å². The monoisotopic (exact) mass is 334 g/mol. The highest BCUT2D eigenvalue weighted by molar-refractivity contribution is 7.89. The van der Waals surface area contributed by atoms with Crippen LogP contribution in [-0.4, -0.2) is 48.5 Å². The number of rotatable bonds is 3. The minimum atomic E-state index is -3.44. The molecular formula is C13H23ClN4O2S. The van der Waals surface area contributed by atoms with Crippen LogP contribution < -0.4 is 5.32 Å². The van der Waals surface area contributed by atoms with Crippen LogP contribution in [0.2, 0.25) is 0 Å². The number of halogens is 1. The number of sulfonamides is 1. The Balaban J connectivity index is 0.00000161. The first-order chi connectivity index (χ1) is 9.52. The topological polar surface area (TPSA) is 67.2 Å². The van der Waals surface area contributed by atoms with Gasteiger partial charge in [0.2, 0.25) is 0 Å². The molecule has 2 aliphatic rings. The maximum absolute atomic E-state index is 12.7. The van der Waals surface area contributed by atoms with Gasteiger partial charge in [0.15, 0.2) is 5.03 Å². The molecular weight excluding hydrogens is 312 g/mol. The van der Waals surface area contributed by atoms with Crippen LogP contribution in [0.3, 0.4) is 0 Å².